The van der Waals surface area contributed by atoms with Crippen molar-refractivity contribution in [3.63, 3.8) is 0 Å². The highest BCUT2D eigenvalue weighted by molar-refractivity contribution is 7.16. The average molecular weight is 168 g/mol. The molecule has 4 N–H and O–H groups in total. The van der Waals surface area contributed by atoms with E-state index >= 15 is 0 Å². The molecule has 60 valence electrons. The first kappa shape index (κ1) is 12.2. The summed E-state index contributed by atoms with van der Waals surface area (Å²) in [7, 11) is -1.17. The number of carboxylic acid groups (broad SMARTS) is 1. The van der Waals surface area contributed by atoms with Gasteiger partial charge in [-0.2, -0.15) is 4.89 Å². The van der Waals surface area contributed by atoms with Crippen LogP contribution >= 0.6 is 8.69 Å². The predicted octanol–water partition coefficient (Wildman–Crippen LogP) is -0.272. The predicted molar refractivity (Wildman–Crippen MR) is 37.1 cm³/mol. The molecule has 0 fully saturated rings. The average Bonchev–Trinajstić information content (AvgIpc) is 1.85. The van der Waals surface area contributed by atoms with Gasteiger partial charge in [0.2, 0.25) is 0 Å². The molecular formula is C4H11NO4P+. The SMILES string of the molecule is NCCCC(=O)O.O=[PH+]O. The van der Waals surface area contributed by atoms with Gasteiger partial charge >= 0.3 is 14.7 Å². The van der Waals surface area contributed by atoms with Crippen LogP contribution in [0.15, 0.2) is 0 Å². The summed E-state index contributed by atoms with van der Waals surface area (Å²) in [5, 5.41) is 7.99. The number of nitrogens with two attached hydrogens (primary N) is 1. The Morgan fingerprint density at radius 1 is 1.60 bits per heavy atom. The fraction of sp³-hybridized carbons (Fsp3) is 0.750. The molecule has 6 heteroatoms. The van der Waals surface area contributed by atoms with Crippen molar-refractivity contribution in [3.8, 4) is 0 Å². The Morgan fingerprint density at radius 2 is 2.00 bits per heavy atom. The lowest BCUT2D eigenvalue weighted by Crippen LogP contribution is -2.02. The molecule has 0 aliphatic rings. The van der Waals surface area contributed by atoms with Crippen molar-refractivity contribution in [2.45, 2.75) is 12.8 Å². The Labute approximate surface area is 60.1 Å². The van der Waals surface area contributed by atoms with Crippen LogP contribution in [0, 0.1) is 0 Å². The number of carboxylic acids is 1. The minimum atomic E-state index is -1.17. The highest BCUT2D eigenvalue weighted by Crippen LogP contribution is 1.82. The van der Waals surface area contributed by atoms with Gasteiger partial charge in [-0.3, -0.25) is 4.79 Å². The molecule has 0 spiro atoms. The summed E-state index contributed by atoms with van der Waals surface area (Å²) in [5.74, 6) is -0.773. The van der Waals surface area contributed by atoms with E-state index < -0.39 is 14.7 Å². The first-order valence-electron chi connectivity index (χ1n) is 2.62. The molecule has 10 heavy (non-hydrogen) atoms. The minimum absolute atomic E-state index is 0.191. The molecule has 1 atom stereocenters. The van der Waals surface area contributed by atoms with Crippen LogP contribution in [0.2, 0.25) is 0 Å². The maximum Gasteiger partial charge on any atom is 0.491 e. The summed E-state index contributed by atoms with van der Waals surface area (Å²) in [6.45, 7) is 0.465. The molecule has 0 aromatic carbocycles. The molecule has 0 rings (SSSR count). The van der Waals surface area contributed by atoms with Crippen molar-refractivity contribution in [2.24, 2.45) is 5.73 Å². The van der Waals surface area contributed by atoms with Gasteiger partial charge in [0.1, 0.15) is 0 Å². The van der Waals surface area contributed by atoms with Crippen molar-refractivity contribution in [2.75, 3.05) is 6.54 Å². The molecule has 0 aliphatic carbocycles. The summed E-state index contributed by atoms with van der Waals surface area (Å²) in [5.41, 5.74) is 5.01. The normalized spacial score (nSPS) is 8.20. The molecule has 0 bridgehead atoms. The van der Waals surface area contributed by atoms with Crippen LogP contribution in [0.4, 0.5) is 0 Å². The van der Waals surface area contributed by atoms with Crippen LogP contribution in [0.25, 0.3) is 0 Å². The number of aliphatic carboxylic acids is 1. The monoisotopic (exact) mass is 168 g/mol. The topological polar surface area (TPSA) is 101 Å². The molecule has 0 aromatic rings. The van der Waals surface area contributed by atoms with Crippen LogP contribution in [-0.4, -0.2) is 22.5 Å². The highest BCUT2D eigenvalue weighted by Gasteiger charge is 1.91. The maximum absolute atomic E-state index is 9.70. The Morgan fingerprint density at radius 3 is 2.10 bits per heavy atom. The second-order valence-electron chi connectivity index (χ2n) is 1.38. The van der Waals surface area contributed by atoms with Gasteiger partial charge in [0.15, 0.2) is 0 Å². The van der Waals surface area contributed by atoms with E-state index in [1.807, 2.05) is 0 Å². The van der Waals surface area contributed by atoms with Crippen LogP contribution in [-0.2, 0) is 9.36 Å². The lowest BCUT2D eigenvalue weighted by Gasteiger charge is -1.86. The molecular weight excluding hydrogens is 157 g/mol. The third kappa shape index (κ3) is 25.9. The zero-order valence-electron chi connectivity index (χ0n) is 5.41. The van der Waals surface area contributed by atoms with Gasteiger partial charge in [-0.15, -0.1) is 0 Å². The van der Waals surface area contributed by atoms with Gasteiger partial charge in [-0.25, -0.2) is 0 Å². The van der Waals surface area contributed by atoms with Crippen molar-refractivity contribution in [1.29, 1.82) is 0 Å². The second kappa shape index (κ2) is 11.3. The lowest BCUT2D eigenvalue weighted by atomic mass is 10.3. The third-order valence-corrected chi connectivity index (χ3v) is 0.595. The molecule has 5 nitrogen and oxygen atoms in total. The molecule has 0 aromatic heterocycles. The van der Waals surface area contributed by atoms with Gasteiger partial charge in [-0.1, -0.05) is 0 Å². The van der Waals surface area contributed by atoms with Gasteiger partial charge in [0, 0.05) is 6.42 Å². The summed E-state index contributed by atoms with van der Waals surface area (Å²) in [6, 6.07) is 0. The number of rotatable bonds is 3. The summed E-state index contributed by atoms with van der Waals surface area (Å²) < 4.78 is 8.51. The Kier molecular flexibility index (Phi) is 13.8. The van der Waals surface area contributed by atoms with E-state index in [0.717, 1.165) is 0 Å². The van der Waals surface area contributed by atoms with Gasteiger partial charge < -0.3 is 10.8 Å². The van der Waals surface area contributed by atoms with Crippen LogP contribution in [0.1, 0.15) is 12.8 Å². The van der Waals surface area contributed by atoms with Crippen molar-refractivity contribution in [3.05, 3.63) is 0 Å². The number of hydrogen-bond acceptors (Lipinski definition) is 3. The molecule has 1 unspecified atom stereocenters. The van der Waals surface area contributed by atoms with E-state index in [0.29, 0.717) is 13.0 Å². The molecule has 0 saturated heterocycles. The Balaban J connectivity index is 0. The Bertz CT molecular complexity index is 97.3. The lowest BCUT2D eigenvalue weighted by molar-refractivity contribution is -0.137. The molecule has 0 aliphatic heterocycles. The first-order chi connectivity index (χ1) is 4.68. The largest absolute Gasteiger partial charge is 0.491 e. The van der Waals surface area contributed by atoms with E-state index in [-0.39, 0.29) is 6.42 Å². The fourth-order valence-electron chi connectivity index (χ4n) is 0.253. The zero-order valence-corrected chi connectivity index (χ0v) is 6.41. The molecule has 0 heterocycles. The number of carbonyl (C=O) groups is 1. The van der Waals surface area contributed by atoms with E-state index in [4.69, 9.17) is 20.3 Å². The zero-order chi connectivity index (χ0) is 8.41. The van der Waals surface area contributed by atoms with Gasteiger partial charge in [0.05, 0.1) is 0 Å². The quantitative estimate of drug-likeness (QED) is 0.503. The van der Waals surface area contributed by atoms with E-state index in [9.17, 15) is 4.79 Å². The fourth-order valence-corrected chi connectivity index (χ4v) is 0.253. The van der Waals surface area contributed by atoms with Gasteiger partial charge in [-0.05, 0) is 17.5 Å². The van der Waals surface area contributed by atoms with Crippen molar-refractivity contribution in [1.82, 2.24) is 0 Å². The third-order valence-electron chi connectivity index (χ3n) is 0.595. The van der Waals surface area contributed by atoms with E-state index in [1.54, 1.807) is 0 Å². The first-order valence-corrected chi connectivity index (χ1v) is 3.47. The minimum Gasteiger partial charge on any atom is -0.481 e. The smallest absolute Gasteiger partial charge is 0.481 e. The standard InChI is InChI=1S/C4H9NO2.HO2P/c5-3-1-2-4(6)7;1-3-2/h1-3,5H2,(H,6,7);3H/p+1. The highest BCUT2D eigenvalue weighted by atomic mass is 31.1. The van der Waals surface area contributed by atoms with Crippen LogP contribution < -0.4 is 5.73 Å². The Hall–Kier alpha value is -0.510. The van der Waals surface area contributed by atoms with Crippen LogP contribution in [0.3, 0.4) is 0 Å². The maximum atomic E-state index is 9.70. The second-order valence-corrected chi connectivity index (χ2v) is 1.56. The number of hydrogen-bond donors (Lipinski definition) is 3. The van der Waals surface area contributed by atoms with Crippen LogP contribution in [0.5, 0.6) is 0 Å². The van der Waals surface area contributed by atoms with Crippen molar-refractivity contribution >= 4 is 14.7 Å². The molecule has 0 radical (unpaired) electrons. The van der Waals surface area contributed by atoms with Gasteiger partial charge in [0.25, 0.3) is 0 Å². The molecule has 0 amide bonds. The van der Waals surface area contributed by atoms with E-state index in [2.05, 4.69) is 0 Å². The van der Waals surface area contributed by atoms with Crippen molar-refractivity contribution < 1.29 is 19.4 Å². The summed E-state index contributed by atoms with van der Waals surface area (Å²) >= 11 is 0. The summed E-state index contributed by atoms with van der Waals surface area (Å²) in [4.78, 5) is 16.7. The summed E-state index contributed by atoms with van der Waals surface area (Å²) in [6.07, 6.45) is 0.770. The van der Waals surface area contributed by atoms with E-state index in [1.165, 1.54) is 0 Å². The molecule has 0 saturated carbocycles.